The van der Waals surface area contributed by atoms with Crippen molar-refractivity contribution in [2.75, 3.05) is 34.4 Å². The van der Waals surface area contributed by atoms with Crippen LogP contribution in [0.4, 0.5) is 0 Å². The molecule has 50 heavy (non-hydrogen) atoms. The Labute approximate surface area is 312 Å². The normalized spacial score (nSPS) is 20.0. The van der Waals surface area contributed by atoms with Gasteiger partial charge in [0.05, 0.1) is 12.2 Å². The maximum absolute atomic E-state index is 6.93. The molecule has 0 aromatic carbocycles. The van der Waals surface area contributed by atoms with E-state index in [1.54, 1.807) is 7.11 Å². The highest BCUT2D eigenvalue weighted by Crippen LogP contribution is 2.40. The molecule has 1 aliphatic rings. The maximum Gasteiger partial charge on any atom is 0.169 e. The molecule has 0 N–H and O–H groups in total. The van der Waals surface area contributed by atoms with Crippen molar-refractivity contribution in [1.82, 2.24) is 4.90 Å². The van der Waals surface area contributed by atoms with Crippen LogP contribution in [0.25, 0.3) is 0 Å². The first-order valence-electron chi connectivity index (χ1n) is 21.7. The fourth-order valence-electron chi connectivity index (χ4n) is 6.97. The van der Waals surface area contributed by atoms with Crippen LogP contribution in [0.3, 0.4) is 0 Å². The van der Waals surface area contributed by atoms with Gasteiger partial charge in [0.15, 0.2) is 5.79 Å². The lowest BCUT2D eigenvalue weighted by Gasteiger charge is -2.29. The Morgan fingerprint density at radius 1 is 0.500 bits per heavy atom. The van der Waals surface area contributed by atoms with E-state index in [0.717, 1.165) is 51.7 Å². The number of ether oxygens (including phenoxy) is 3. The molecule has 2 unspecified atom stereocenters. The smallest absolute Gasteiger partial charge is 0.169 e. The largest absolute Gasteiger partial charge is 0.385 e. The molecule has 0 bridgehead atoms. The van der Waals surface area contributed by atoms with Gasteiger partial charge in [0.2, 0.25) is 0 Å². The molecule has 0 saturated carbocycles. The molecule has 0 aromatic rings. The Morgan fingerprint density at radius 2 is 0.880 bits per heavy atom. The lowest BCUT2D eigenvalue weighted by atomic mass is 9.98. The quantitative estimate of drug-likeness (QED) is 0.0481. The molecule has 4 heteroatoms. The number of hydrogen-bond donors (Lipinski definition) is 0. The first-order valence-corrected chi connectivity index (χ1v) is 21.7. The summed E-state index contributed by atoms with van der Waals surface area (Å²) >= 11 is 0. The van der Waals surface area contributed by atoms with Crippen molar-refractivity contribution in [2.24, 2.45) is 0 Å². The van der Waals surface area contributed by atoms with Crippen LogP contribution in [0, 0.1) is 0 Å². The summed E-state index contributed by atoms with van der Waals surface area (Å²) in [6.07, 6.45) is 53.8. The topological polar surface area (TPSA) is 30.9 Å². The molecule has 1 heterocycles. The van der Waals surface area contributed by atoms with Crippen LogP contribution >= 0.6 is 0 Å². The molecular formula is C46H85NO3. The minimum Gasteiger partial charge on any atom is -0.385 e. The summed E-state index contributed by atoms with van der Waals surface area (Å²) in [5.74, 6) is -0.403. The molecule has 1 aliphatic heterocycles. The Hall–Kier alpha value is -1.20. The van der Waals surface area contributed by atoms with Crippen LogP contribution in [-0.2, 0) is 14.2 Å². The zero-order valence-corrected chi connectivity index (χ0v) is 34.2. The average Bonchev–Trinajstić information content (AvgIpc) is 3.46. The van der Waals surface area contributed by atoms with E-state index < -0.39 is 5.79 Å². The fraction of sp³-hybridized carbons (Fsp3) is 0.826. The lowest BCUT2D eigenvalue weighted by molar-refractivity contribution is -0.188. The zero-order chi connectivity index (χ0) is 36.2. The van der Waals surface area contributed by atoms with E-state index in [1.807, 2.05) is 0 Å². The van der Waals surface area contributed by atoms with E-state index in [4.69, 9.17) is 14.2 Å². The number of rotatable bonds is 36. The molecule has 1 fully saturated rings. The summed E-state index contributed by atoms with van der Waals surface area (Å²) in [7, 11) is 6.11. The third-order valence-corrected chi connectivity index (χ3v) is 10.1. The highest BCUT2D eigenvalue weighted by molar-refractivity contribution is 4.93. The molecule has 0 spiro atoms. The minimum absolute atomic E-state index is 0.143. The number of allylic oxidation sites excluding steroid dienone is 8. The summed E-state index contributed by atoms with van der Waals surface area (Å²) in [5, 5.41) is 0. The van der Waals surface area contributed by atoms with Crippen LogP contribution in [0.2, 0.25) is 0 Å². The van der Waals surface area contributed by atoms with Crippen LogP contribution < -0.4 is 0 Å². The van der Waals surface area contributed by atoms with E-state index in [1.165, 1.54) is 141 Å². The van der Waals surface area contributed by atoms with Crippen molar-refractivity contribution in [3.05, 3.63) is 48.6 Å². The Bertz CT molecular complexity index is 783. The number of nitrogens with zero attached hydrogens (tertiary/aromatic N) is 1. The highest BCUT2D eigenvalue weighted by Gasteiger charge is 2.46. The van der Waals surface area contributed by atoms with E-state index in [2.05, 4.69) is 81.5 Å². The average molecular weight is 700 g/mol. The van der Waals surface area contributed by atoms with Gasteiger partial charge in [0.1, 0.15) is 0 Å². The van der Waals surface area contributed by atoms with Crippen LogP contribution in [-0.4, -0.2) is 57.3 Å². The molecular weight excluding hydrogens is 615 g/mol. The standard InChI is InChI=1S/C46H85NO3/c1-6-8-10-12-14-16-18-20-22-24-26-28-30-32-34-36-40-46(49-44(38-42-47(3)4)45(50-46)39-43-48-5)41-37-35-33-31-29-27-25-23-21-19-17-15-13-11-9-7-2/h14-17,20-23,44-45H,6-13,18-19,24-43H2,1-5H3. The van der Waals surface area contributed by atoms with Crippen LogP contribution in [0.1, 0.15) is 194 Å². The van der Waals surface area contributed by atoms with Gasteiger partial charge in [0, 0.05) is 33.1 Å². The fourth-order valence-corrected chi connectivity index (χ4v) is 6.97. The first kappa shape index (κ1) is 46.8. The Balaban J connectivity index is 2.37. The molecule has 1 saturated heterocycles. The summed E-state index contributed by atoms with van der Waals surface area (Å²) < 4.78 is 19.3. The van der Waals surface area contributed by atoms with E-state index in [9.17, 15) is 0 Å². The molecule has 0 aromatic heterocycles. The molecule has 4 nitrogen and oxygen atoms in total. The van der Waals surface area contributed by atoms with Gasteiger partial charge in [-0.1, -0.05) is 140 Å². The van der Waals surface area contributed by atoms with E-state index >= 15 is 0 Å². The SMILES string of the molecule is CCCCCC=CCC=CCCCCCCCCC1(CCCCCCCCC=CCC=CCCCCC)OC(CCOC)C(CCN(C)C)O1. The van der Waals surface area contributed by atoms with E-state index in [0.29, 0.717) is 0 Å². The first-order chi connectivity index (χ1) is 24.6. The molecule has 2 atom stereocenters. The van der Waals surface area contributed by atoms with Crippen molar-refractivity contribution in [3.8, 4) is 0 Å². The van der Waals surface area contributed by atoms with Crippen molar-refractivity contribution in [1.29, 1.82) is 0 Å². The summed E-state index contributed by atoms with van der Waals surface area (Å²) in [5.41, 5.74) is 0. The van der Waals surface area contributed by atoms with Gasteiger partial charge in [-0.25, -0.2) is 0 Å². The van der Waals surface area contributed by atoms with Gasteiger partial charge in [-0.15, -0.1) is 0 Å². The minimum atomic E-state index is -0.403. The van der Waals surface area contributed by atoms with Crippen LogP contribution in [0.5, 0.6) is 0 Å². The van der Waals surface area contributed by atoms with Gasteiger partial charge in [-0.05, 0) is 104 Å². The van der Waals surface area contributed by atoms with Gasteiger partial charge < -0.3 is 19.1 Å². The van der Waals surface area contributed by atoms with Crippen LogP contribution in [0.15, 0.2) is 48.6 Å². The van der Waals surface area contributed by atoms with Gasteiger partial charge in [0.25, 0.3) is 0 Å². The monoisotopic (exact) mass is 700 g/mol. The zero-order valence-electron chi connectivity index (χ0n) is 34.2. The Morgan fingerprint density at radius 3 is 1.28 bits per heavy atom. The summed E-state index contributed by atoms with van der Waals surface area (Å²) in [6.45, 7) is 6.30. The second-order valence-corrected chi connectivity index (χ2v) is 15.3. The molecule has 1 rings (SSSR count). The lowest BCUT2D eigenvalue weighted by Crippen LogP contribution is -2.31. The molecule has 292 valence electrons. The van der Waals surface area contributed by atoms with Gasteiger partial charge in [-0.3, -0.25) is 0 Å². The highest BCUT2D eigenvalue weighted by atomic mass is 16.8. The number of hydrogen-bond acceptors (Lipinski definition) is 4. The second-order valence-electron chi connectivity index (χ2n) is 15.3. The van der Waals surface area contributed by atoms with Crippen molar-refractivity contribution >= 4 is 0 Å². The maximum atomic E-state index is 6.93. The number of unbranched alkanes of at least 4 members (excludes halogenated alkanes) is 18. The molecule has 0 amide bonds. The van der Waals surface area contributed by atoms with Gasteiger partial charge in [-0.2, -0.15) is 0 Å². The second kappa shape index (κ2) is 34.9. The molecule has 0 aliphatic carbocycles. The third kappa shape index (κ3) is 27.5. The predicted octanol–water partition coefficient (Wildman–Crippen LogP) is 13.9. The predicted molar refractivity (Wildman–Crippen MR) is 220 cm³/mol. The summed E-state index contributed by atoms with van der Waals surface area (Å²) in [4.78, 5) is 2.27. The number of methoxy groups -OCH3 is 1. The summed E-state index contributed by atoms with van der Waals surface area (Å²) in [6, 6.07) is 0. The third-order valence-electron chi connectivity index (χ3n) is 10.1. The molecule has 0 radical (unpaired) electrons. The Kier molecular flexibility index (Phi) is 32.6. The van der Waals surface area contributed by atoms with Gasteiger partial charge >= 0.3 is 0 Å². The van der Waals surface area contributed by atoms with E-state index in [-0.39, 0.29) is 12.2 Å². The van der Waals surface area contributed by atoms with Crippen molar-refractivity contribution < 1.29 is 14.2 Å². The van der Waals surface area contributed by atoms with Crippen molar-refractivity contribution in [2.45, 2.75) is 212 Å². The van der Waals surface area contributed by atoms with Crippen molar-refractivity contribution in [3.63, 3.8) is 0 Å².